The Kier molecular flexibility index (Phi) is 9.12. The number of nitrogens with one attached hydrogen (secondary N) is 2. The SMILES string of the molecule is CCCC(CC)CC1CC(c2ccc3c(c2)N(C(=O)OC2CCCNC2)CC(C)N3C(=O)OC)CN1. The minimum Gasteiger partial charge on any atom is -0.452 e. The Balaban J connectivity index is 1.56. The van der Waals surface area contributed by atoms with Gasteiger partial charge in [-0.1, -0.05) is 39.2 Å². The first kappa shape index (κ1) is 26.7. The van der Waals surface area contributed by atoms with Crippen molar-refractivity contribution < 1.29 is 19.1 Å². The van der Waals surface area contributed by atoms with Gasteiger partial charge in [0.15, 0.2) is 0 Å². The molecule has 2 saturated heterocycles. The highest BCUT2D eigenvalue weighted by Crippen LogP contribution is 2.40. The van der Waals surface area contributed by atoms with Crippen molar-refractivity contribution in [1.82, 2.24) is 10.6 Å². The number of anilines is 2. The number of amides is 2. The van der Waals surface area contributed by atoms with E-state index in [0.29, 0.717) is 30.7 Å². The van der Waals surface area contributed by atoms with Crippen molar-refractivity contribution in [3.8, 4) is 0 Å². The molecule has 3 aliphatic heterocycles. The zero-order valence-corrected chi connectivity index (χ0v) is 22.4. The normalized spacial score (nSPS) is 26.9. The summed E-state index contributed by atoms with van der Waals surface area (Å²) in [5, 5.41) is 7.05. The Labute approximate surface area is 216 Å². The van der Waals surface area contributed by atoms with Gasteiger partial charge in [-0.05, 0) is 68.7 Å². The highest BCUT2D eigenvalue weighted by molar-refractivity contribution is 6.01. The molecule has 0 aromatic heterocycles. The molecule has 5 unspecified atom stereocenters. The van der Waals surface area contributed by atoms with Crippen LogP contribution < -0.4 is 20.4 Å². The molecule has 36 heavy (non-hydrogen) atoms. The molecule has 2 N–H and O–H groups in total. The molecule has 1 aromatic rings. The van der Waals surface area contributed by atoms with Crippen LogP contribution >= 0.6 is 0 Å². The van der Waals surface area contributed by atoms with Crippen molar-refractivity contribution in [2.75, 3.05) is 43.1 Å². The molecular weight excluding hydrogens is 456 g/mol. The van der Waals surface area contributed by atoms with Gasteiger partial charge >= 0.3 is 12.2 Å². The van der Waals surface area contributed by atoms with E-state index in [2.05, 4.69) is 36.6 Å². The molecule has 2 fully saturated rings. The molecule has 5 atom stereocenters. The summed E-state index contributed by atoms with van der Waals surface area (Å²) in [6.45, 7) is 9.43. The standard InChI is InChI=1S/C28H44N4O4/c1-5-8-20(6-2)13-23-14-22(16-30-23)21-10-11-25-26(15-21)31(18-19(3)32(25)28(34)35-4)27(33)36-24-9-7-12-29-17-24/h10-11,15,19-20,22-24,29-30H,5-9,12-14,16-18H2,1-4H3. The van der Waals surface area contributed by atoms with Gasteiger partial charge in [-0.2, -0.15) is 0 Å². The third-order valence-corrected chi connectivity index (χ3v) is 8.13. The molecule has 0 radical (unpaired) electrons. The maximum absolute atomic E-state index is 13.4. The summed E-state index contributed by atoms with van der Waals surface area (Å²) in [7, 11) is 1.40. The summed E-state index contributed by atoms with van der Waals surface area (Å²) in [5.74, 6) is 1.15. The van der Waals surface area contributed by atoms with Gasteiger partial charge in [-0.25, -0.2) is 9.59 Å². The molecule has 0 saturated carbocycles. The van der Waals surface area contributed by atoms with Crippen LogP contribution in [-0.4, -0.2) is 63.7 Å². The number of nitrogens with zero attached hydrogens (tertiary/aromatic N) is 2. The lowest BCUT2D eigenvalue weighted by atomic mass is 9.89. The summed E-state index contributed by atoms with van der Waals surface area (Å²) < 4.78 is 11.0. The quantitative estimate of drug-likeness (QED) is 0.547. The number of piperidine rings is 1. The second-order valence-electron chi connectivity index (χ2n) is 10.7. The molecular formula is C28H44N4O4. The van der Waals surface area contributed by atoms with Crippen LogP contribution in [0.15, 0.2) is 18.2 Å². The number of methoxy groups -OCH3 is 1. The van der Waals surface area contributed by atoms with E-state index in [-0.39, 0.29) is 18.2 Å². The zero-order valence-electron chi connectivity index (χ0n) is 22.4. The Hall–Kier alpha value is -2.32. The van der Waals surface area contributed by atoms with Crippen LogP contribution in [0.2, 0.25) is 0 Å². The van der Waals surface area contributed by atoms with Crippen LogP contribution in [0.3, 0.4) is 0 Å². The summed E-state index contributed by atoms with van der Waals surface area (Å²) in [6.07, 6.45) is 7.04. The monoisotopic (exact) mass is 500 g/mol. The van der Waals surface area contributed by atoms with E-state index in [1.54, 1.807) is 9.80 Å². The minimum absolute atomic E-state index is 0.124. The van der Waals surface area contributed by atoms with Crippen molar-refractivity contribution in [1.29, 1.82) is 0 Å². The summed E-state index contributed by atoms with van der Waals surface area (Å²) in [4.78, 5) is 29.4. The van der Waals surface area contributed by atoms with E-state index in [9.17, 15) is 9.59 Å². The molecule has 8 nitrogen and oxygen atoms in total. The predicted octanol–water partition coefficient (Wildman–Crippen LogP) is 5.02. The van der Waals surface area contributed by atoms with E-state index in [4.69, 9.17) is 9.47 Å². The average Bonchev–Trinajstić information content (AvgIpc) is 3.36. The van der Waals surface area contributed by atoms with Crippen molar-refractivity contribution in [2.24, 2.45) is 5.92 Å². The third kappa shape index (κ3) is 5.97. The largest absolute Gasteiger partial charge is 0.452 e. The van der Waals surface area contributed by atoms with Crippen LogP contribution in [0.4, 0.5) is 21.0 Å². The number of ether oxygens (including phenoxy) is 2. The molecule has 0 spiro atoms. The third-order valence-electron chi connectivity index (χ3n) is 8.13. The van der Waals surface area contributed by atoms with Gasteiger partial charge in [-0.3, -0.25) is 9.80 Å². The lowest BCUT2D eigenvalue weighted by Crippen LogP contribution is -2.53. The summed E-state index contributed by atoms with van der Waals surface area (Å²) in [5.41, 5.74) is 2.62. The van der Waals surface area contributed by atoms with Crippen LogP contribution in [0, 0.1) is 5.92 Å². The van der Waals surface area contributed by atoms with Crippen molar-refractivity contribution >= 4 is 23.6 Å². The van der Waals surface area contributed by atoms with Gasteiger partial charge in [0.25, 0.3) is 0 Å². The molecule has 0 bridgehead atoms. The number of carbonyl (C=O) groups is 2. The van der Waals surface area contributed by atoms with Crippen LogP contribution in [0.5, 0.6) is 0 Å². The zero-order chi connectivity index (χ0) is 25.7. The number of rotatable bonds is 7. The van der Waals surface area contributed by atoms with Crippen LogP contribution in [0.1, 0.15) is 77.2 Å². The fourth-order valence-corrected chi connectivity index (χ4v) is 6.12. The van der Waals surface area contributed by atoms with E-state index in [1.165, 1.54) is 38.4 Å². The molecule has 3 heterocycles. The highest BCUT2D eigenvalue weighted by Gasteiger charge is 2.38. The van der Waals surface area contributed by atoms with Gasteiger partial charge in [0, 0.05) is 19.1 Å². The smallest absolute Gasteiger partial charge is 0.414 e. The number of benzene rings is 1. The maximum Gasteiger partial charge on any atom is 0.414 e. The maximum atomic E-state index is 13.4. The highest BCUT2D eigenvalue weighted by atomic mass is 16.6. The van der Waals surface area contributed by atoms with Gasteiger partial charge in [0.2, 0.25) is 0 Å². The number of hydrogen-bond acceptors (Lipinski definition) is 6. The Bertz CT molecular complexity index is 904. The second kappa shape index (κ2) is 12.3. The summed E-state index contributed by atoms with van der Waals surface area (Å²) >= 11 is 0. The molecule has 0 aliphatic carbocycles. The van der Waals surface area contributed by atoms with Crippen molar-refractivity contribution in [3.05, 3.63) is 23.8 Å². The number of hydrogen-bond donors (Lipinski definition) is 2. The van der Waals surface area contributed by atoms with Crippen molar-refractivity contribution in [2.45, 2.75) is 89.8 Å². The Morgan fingerprint density at radius 3 is 2.69 bits per heavy atom. The molecule has 4 rings (SSSR count). The lowest BCUT2D eigenvalue weighted by molar-refractivity contribution is 0.0876. The molecule has 1 aromatic carbocycles. The molecule has 8 heteroatoms. The Morgan fingerprint density at radius 1 is 1.17 bits per heavy atom. The topological polar surface area (TPSA) is 83.1 Å². The fourth-order valence-electron chi connectivity index (χ4n) is 6.12. The van der Waals surface area contributed by atoms with E-state index in [0.717, 1.165) is 44.0 Å². The van der Waals surface area contributed by atoms with Crippen LogP contribution in [0.25, 0.3) is 0 Å². The van der Waals surface area contributed by atoms with Crippen LogP contribution in [-0.2, 0) is 9.47 Å². The van der Waals surface area contributed by atoms with Gasteiger partial charge in [0.05, 0.1) is 31.1 Å². The second-order valence-corrected chi connectivity index (χ2v) is 10.7. The van der Waals surface area contributed by atoms with Gasteiger partial charge < -0.3 is 20.1 Å². The first-order valence-corrected chi connectivity index (χ1v) is 13.9. The van der Waals surface area contributed by atoms with E-state index >= 15 is 0 Å². The first-order chi connectivity index (χ1) is 17.4. The van der Waals surface area contributed by atoms with Crippen molar-refractivity contribution in [3.63, 3.8) is 0 Å². The Morgan fingerprint density at radius 2 is 2.00 bits per heavy atom. The molecule has 3 aliphatic rings. The van der Waals surface area contributed by atoms with E-state index in [1.807, 2.05) is 13.0 Å². The predicted molar refractivity (Wildman–Crippen MR) is 143 cm³/mol. The fraction of sp³-hybridized carbons (Fsp3) is 0.714. The summed E-state index contributed by atoms with van der Waals surface area (Å²) in [6, 6.07) is 6.47. The van der Waals surface area contributed by atoms with E-state index < -0.39 is 6.09 Å². The van der Waals surface area contributed by atoms with Gasteiger partial charge in [-0.15, -0.1) is 0 Å². The average molecular weight is 501 g/mol. The number of carbonyl (C=O) groups excluding carboxylic acids is 2. The minimum atomic E-state index is -0.412. The lowest BCUT2D eigenvalue weighted by Gasteiger charge is -2.40. The van der Waals surface area contributed by atoms with Gasteiger partial charge in [0.1, 0.15) is 6.10 Å². The molecule has 200 valence electrons. The molecule has 2 amide bonds. The first-order valence-electron chi connectivity index (χ1n) is 13.9. The number of fused-ring (bicyclic) bond motifs is 1.